The molecule has 0 spiro atoms. The lowest BCUT2D eigenvalue weighted by Crippen LogP contribution is -2.15. The van der Waals surface area contributed by atoms with Gasteiger partial charge in [-0.05, 0) is 18.2 Å². The fraction of sp³-hybridized carbons (Fsp3) is 0.182. The molecule has 8 heteroatoms. The molecule has 2 rings (SSSR count). The Morgan fingerprint density at radius 2 is 1.89 bits per heavy atom. The third kappa shape index (κ3) is 2.90. The molecule has 0 saturated carbocycles. The van der Waals surface area contributed by atoms with E-state index in [0.717, 1.165) is 4.68 Å². The number of aromatic nitrogens is 2. The summed E-state index contributed by atoms with van der Waals surface area (Å²) in [7, 11) is 0. The quantitative estimate of drug-likeness (QED) is 0.670. The topological polar surface area (TPSA) is 17.8 Å². The van der Waals surface area contributed by atoms with Crippen LogP contribution in [0.1, 0.15) is 11.3 Å². The first-order chi connectivity index (χ1) is 8.84. The monoisotopic (exact) mass is 372 g/mol. The van der Waals surface area contributed by atoms with E-state index in [1.807, 2.05) is 0 Å². The molecule has 0 radical (unpaired) electrons. The second kappa shape index (κ2) is 5.34. The normalized spacial score (nSPS) is 11.9. The Bertz CT molecular complexity index is 610. The van der Waals surface area contributed by atoms with Crippen molar-refractivity contribution in [3.63, 3.8) is 0 Å². The molecule has 19 heavy (non-hydrogen) atoms. The summed E-state index contributed by atoms with van der Waals surface area (Å²) in [5, 5.41) is 4.26. The van der Waals surface area contributed by atoms with E-state index in [0.29, 0.717) is 0 Å². The first-order valence-corrected chi connectivity index (χ1v) is 6.88. The van der Waals surface area contributed by atoms with Gasteiger partial charge >= 0.3 is 6.18 Å². The van der Waals surface area contributed by atoms with E-state index < -0.39 is 11.9 Å². The number of halogens is 6. The lowest BCUT2D eigenvalue weighted by Gasteiger charge is -2.12. The minimum Gasteiger partial charge on any atom is -0.228 e. The van der Waals surface area contributed by atoms with Crippen molar-refractivity contribution in [2.24, 2.45) is 0 Å². The second-order valence-corrected chi connectivity index (χ2v) is 5.04. The predicted molar refractivity (Wildman–Crippen MR) is 71.2 cm³/mol. The number of alkyl halides is 4. The number of benzene rings is 1. The molecule has 102 valence electrons. The molecule has 0 saturated heterocycles. The SMILES string of the molecule is FC(F)(F)c1c(CBr)cnn1-c1ccc(Cl)c(Cl)c1. The first kappa shape index (κ1) is 14.7. The second-order valence-electron chi connectivity index (χ2n) is 3.66. The molecular formula is C11H6BrCl2F3N2. The van der Waals surface area contributed by atoms with E-state index in [9.17, 15) is 13.2 Å². The minimum atomic E-state index is -4.51. The van der Waals surface area contributed by atoms with E-state index in [1.165, 1.54) is 24.4 Å². The minimum absolute atomic E-state index is 0.0542. The van der Waals surface area contributed by atoms with Crippen LogP contribution in [0.3, 0.4) is 0 Å². The summed E-state index contributed by atoms with van der Waals surface area (Å²) in [4.78, 5) is 0. The molecule has 0 amide bonds. The third-order valence-electron chi connectivity index (χ3n) is 2.41. The highest BCUT2D eigenvalue weighted by Crippen LogP contribution is 2.35. The molecule has 1 heterocycles. The molecule has 0 unspecified atom stereocenters. The van der Waals surface area contributed by atoms with E-state index in [4.69, 9.17) is 23.2 Å². The highest BCUT2D eigenvalue weighted by atomic mass is 79.9. The van der Waals surface area contributed by atoms with Crippen molar-refractivity contribution in [3.8, 4) is 5.69 Å². The van der Waals surface area contributed by atoms with E-state index in [-0.39, 0.29) is 26.6 Å². The number of nitrogens with zero attached hydrogens (tertiary/aromatic N) is 2. The van der Waals surface area contributed by atoms with Crippen LogP contribution < -0.4 is 0 Å². The molecule has 1 aromatic carbocycles. The van der Waals surface area contributed by atoms with Crippen LogP contribution in [0.25, 0.3) is 5.69 Å². The summed E-state index contributed by atoms with van der Waals surface area (Å²) in [5.41, 5.74) is -0.574. The maximum absolute atomic E-state index is 13.1. The average molecular weight is 374 g/mol. The van der Waals surface area contributed by atoms with Crippen LogP contribution >= 0.6 is 39.1 Å². The van der Waals surface area contributed by atoms with Gasteiger partial charge in [0.15, 0.2) is 5.69 Å². The Labute approximate surface area is 125 Å². The first-order valence-electron chi connectivity index (χ1n) is 5.00. The summed E-state index contributed by atoms with van der Waals surface area (Å²) in [6.45, 7) is 0. The van der Waals surface area contributed by atoms with Crippen molar-refractivity contribution in [2.45, 2.75) is 11.5 Å². The van der Waals surface area contributed by atoms with Crippen LogP contribution in [0.4, 0.5) is 13.2 Å². The number of hydrogen-bond donors (Lipinski definition) is 0. The van der Waals surface area contributed by atoms with Crippen molar-refractivity contribution in [1.29, 1.82) is 0 Å². The van der Waals surface area contributed by atoms with Gasteiger partial charge in [-0.2, -0.15) is 18.3 Å². The molecule has 0 aliphatic rings. The van der Waals surface area contributed by atoms with Gasteiger partial charge in [0.25, 0.3) is 0 Å². The van der Waals surface area contributed by atoms with Gasteiger partial charge in [0.2, 0.25) is 0 Å². The van der Waals surface area contributed by atoms with Gasteiger partial charge in [0.05, 0.1) is 21.9 Å². The lowest BCUT2D eigenvalue weighted by atomic mass is 10.2. The largest absolute Gasteiger partial charge is 0.433 e. The van der Waals surface area contributed by atoms with E-state index in [2.05, 4.69) is 21.0 Å². The number of rotatable bonds is 2. The van der Waals surface area contributed by atoms with Crippen LogP contribution in [0.5, 0.6) is 0 Å². The van der Waals surface area contributed by atoms with Crippen molar-refractivity contribution >= 4 is 39.1 Å². The molecular weight excluding hydrogens is 368 g/mol. The molecule has 0 fully saturated rings. The molecule has 0 aliphatic heterocycles. The fourth-order valence-corrected chi connectivity index (χ4v) is 2.30. The zero-order chi connectivity index (χ0) is 14.2. The summed E-state index contributed by atoms with van der Waals surface area (Å²) in [5.74, 6) is 0. The molecule has 0 N–H and O–H groups in total. The van der Waals surface area contributed by atoms with E-state index >= 15 is 0 Å². The van der Waals surface area contributed by atoms with Crippen LogP contribution in [-0.4, -0.2) is 9.78 Å². The van der Waals surface area contributed by atoms with Gasteiger partial charge in [-0.15, -0.1) is 0 Å². The smallest absolute Gasteiger partial charge is 0.228 e. The Morgan fingerprint density at radius 3 is 2.42 bits per heavy atom. The van der Waals surface area contributed by atoms with Gasteiger partial charge in [0.1, 0.15) is 0 Å². The molecule has 0 aliphatic carbocycles. The highest BCUT2D eigenvalue weighted by Gasteiger charge is 2.38. The van der Waals surface area contributed by atoms with Crippen molar-refractivity contribution in [1.82, 2.24) is 9.78 Å². The van der Waals surface area contributed by atoms with Gasteiger partial charge in [-0.3, -0.25) is 0 Å². The van der Waals surface area contributed by atoms with Gasteiger partial charge in [-0.25, -0.2) is 4.68 Å². The Morgan fingerprint density at radius 1 is 1.21 bits per heavy atom. The lowest BCUT2D eigenvalue weighted by molar-refractivity contribution is -0.143. The summed E-state index contributed by atoms with van der Waals surface area (Å²) < 4.78 is 40.0. The van der Waals surface area contributed by atoms with Crippen LogP contribution in [-0.2, 0) is 11.5 Å². The molecule has 2 aromatic rings. The standard InChI is InChI=1S/C11H6BrCl2F3N2/c12-4-6-5-18-19(10(6)11(15,16)17)7-1-2-8(13)9(14)3-7/h1-3,5H,4H2. The van der Waals surface area contributed by atoms with Crippen LogP contribution in [0, 0.1) is 0 Å². The molecule has 0 bridgehead atoms. The highest BCUT2D eigenvalue weighted by molar-refractivity contribution is 9.08. The third-order valence-corrected chi connectivity index (χ3v) is 3.75. The van der Waals surface area contributed by atoms with Crippen LogP contribution in [0.2, 0.25) is 10.0 Å². The van der Waals surface area contributed by atoms with Crippen molar-refractivity contribution in [3.05, 3.63) is 45.7 Å². The fourth-order valence-electron chi connectivity index (χ4n) is 1.59. The average Bonchev–Trinajstić information content (AvgIpc) is 2.76. The van der Waals surface area contributed by atoms with Gasteiger partial charge < -0.3 is 0 Å². The Hall–Kier alpha value is -0.720. The van der Waals surface area contributed by atoms with Crippen LogP contribution in [0.15, 0.2) is 24.4 Å². The van der Waals surface area contributed by atoms with Gasteiger partial charge in [-0.1, -0.05) is 39.1 Å². The molecule has 0 atom stereocenters. The Kier molecular flexibility index (Phi) is 4.13. The summed E-state index contributed by atoms with van der Waals surface area (Å²) in [6.07, 6.45) is -3.34. The maximum Gasteiger partial charge on any atom is 0.433 e. The van der Waals surface area contributed by atoms with E-state index in [1.54, 1.807) is 0 Å². The van der Waals surface area contributed by atoms with Crippen molar-refractivity contribution in [2.75, 3.05) is 0 Å². The molecule has 1 aromatic heterocycles. The summed E-state index contributed by atoms with van der Waals surface area (Å²) in [6, 6.07) is 4.19. The number of hydrogen-bond acceptors (Lipinski definition) is 1. The van der Waals surface area contributed by atoms with Crippen molar-refractivity contribution < 1.29 is 13.2 Å². The Balaban J connectivity index is 2.62. The van der Waals surface area contributed by atoms with Gasteiger partial charge in [0, 0.05) is 10.9 Å². The zero-order valence-corrected chi connectivity index (χ0v) is 12.3. The summed E-state index contributed by atoms with van der Waals surface area (Å²) >= 11 is 14.6. The predicted octanol–water partition coefficient (Wildman–Crippen LogP) is 5.09. The zero-order valence-electron chi connectivity index (χ0n) is 9.18. The molecule has 2 nitrogen and oxygen atoms in total. The maximum atomic E-state index is 13.1.